The van der Waals surface area contributed by atoms with Crippen molar-refractivity contribution in [3.63, 3.8) is 0 Å². The van der Waals surface area contributed by atoms with Gasteiger partial charge in [0.1, 0.15) is 0 Å². The summed E-state index contributed by atoms with van der Waals surface area (Å²) in [7, 11) is 1.38. The van der Waals surface area contributed by atoms with Crippen molar-refractivity contribution in [3.05, 3.63) is 30.1 Å². The molecule has 0 saturated carbocycles. The molecule has 4 nitrogen and oxygen atoms in total. The van der Waals surface area contributed by atoms with Gasteiger partial charge in [-0.15, -0.1) is 0 Å². The number of pyridine rings is 1. The Morgan fingerprint density at radius 3 is 2.60 bits per heavy atom. The van der Waals surface area contributed by atoms with Crippen LogP contribution in [0.1, 0.15) is 12.5 Å². The van der Waals surface area contributed by atoms with E-state index in [1.165, 1.54) is 7.11 Å². The second-order valence-corrected chi connectivity index (χ2v) is 3.79. The molecule has 1 atom stereocenters. The number of hydrogen-bond acceptors (Lipinski definition) is 4. The van der Waals surface area contributed by atoms with Crippen molar-refractivity contribution in [1.29, 1.82) is 0 Å². The molecular formula is C11H16N2O2. The molecule has 0 radical (unpaired) electrons. The summed E-state index contributed by atoms with van der Waals surface area (Å²) in [4.78, 5) is 15.5. The van der Waals surface area contributed by atoms with E-state index in [0.717, 1.165) is 5.56 Å². The predicted octanol–water partition coefficient (Wildman–Crippen LogP) is 0.762. The van der Waals surface area contributed by atoms with Gasteiger partial charge in [0.25, 0.3) is 0 Å². The monoisotopic (exact) mass is 208 g/mol. The average Bonchev–Trinajstić information content (AvgIpc) is 2.29. The first-order valence-electron chi connectivity index (χ1n) is 4.80. The highest BCUT2D eigenvalue weighted by molar-refractivity contribution is 5.77. The highest BCUT2D eigenvalue weighted by Gasteiger charge is 2.32. The van der Waals surface area contributed by atoms with E-state index in [2.05, 4.69) is 4.98 Å². The molecule has 0 aliphatic heterocycles. The van der Waals surface area contributed by atoms with E-state index in [0.29, 0.717) is 6.42 Å². The molecule has 0 bridgehead atoms. The molecule has 0 aromatic carbocycles. The molecule has 0 saturated heterocycles. The quantitative estimate of drug-likeness (QED) is 0.742. The van der Waals surface area contributed by atoms with E-state index >= 15 is 0 Å². The molecule has 15 heavy (non-hydrogen) atoms. The standard InChI is InChI=1S/C11H16N2O2/c1-11(8-12,10(14)15-2)7-9-3-5-13-6-4-9/h3-6H,7-8,12H2,1-2H3. The van der Waals surface area contributed by atoms with Gasteiger partial charge in [-0.3, -0.25) is 9.78 Å². The molecule has 0 spiro atoms. The number of nitrogens with two attached hydrogens (primary N) is 1. The molecule has 82 valence electrons. The fraction of sp³-hybridized carbons (Fsp3) is 0.455. The first-order valence-corrected chi connectivity index (χ1v) is 4.80. The molecule has 0 aliphatic carbocycles. The number of nitrogens with zero attached hydrogens (tertiary/aromatic N) is 1. The summed E-state index contributed by atoms with van der Waals surface area (Å²) < 4.78 is 4.74. The fourth-order valence-electron chi connectivity index (χ4n) is 1.43. The number of esters is 1. The van der Waals surface area contributed by atoms with Gasteiger partial charge in [0.2, 0.25) is 0 Å². The Hall–Kier alpha value is -1.42. The second kappa shape index (κ2) is 4.89. The smallest absolute Gasteiger partial charge is 0.313 e. The zero-order valence-corrected chi connectivity index (χ0v) is 9.06. The Bertz CT molecular complexity index is 327. The number of ether oxygens (including phenoxy) is 1. The Kier molecular flexibility index (Phi) is 3.80. The molecule has 0 aliphatic rings. The van der Waals surface area contributed by atoms with Crippen molar-refractivity contribution in [2.45, 2.75) is 13.3 Å². The third-order valence-corrected chi connectivity index (χ3v) is 2.47. The lowest BCUT2D eigenvalue weighted by Gasteiger charge is -2.24. The minimum absolute atomic E-state index is 0.266. The van der Waals surface area contributed by atoms with Gasteiger partial charge in [0.05, 0.1) is 12.5 Å². The summed E-state index contributed by atoms with van der Waals surface area (Å²) in [6.07, 6.45) is 3.96. The molecule has 1 rings (SSSR count). The number of carbonyl (C=O) groups is 1. The van der Waals surface area contributed by atoms with E-state index in [9.17, 15) is 4.79 Å². The Morgan fingerprint density at radius 2 is 2.13 bits per heavy atom. The summed E-state index contributed by atoms with van der Waals surface area (Å²) in [5.74, 6) is -0.276. The van der Waals surface area contributed by atoms with E-state index in [-0.39, 0.29) is 12.5 Å². The van der Waals surface area contributed by atoms with Crippen LogP contribution in [0.2, 0.25) is 0 Å². The first-order chi connectivity index (χ1) is 7.12. The van der Waals surface area contributed by atoms with Crippen molar-refractivity contribution < 1.29 is 9.53 Å². The zero-order valence-electron chi connectivity index (χ0n) is 9.06. The largest absolute Gasteiger partial charge is 0.469 e. The summed E-state index contributed by atoms with van der Waals surface area (Å²) in [6.45, 7) is 2.07. The number of methoxy groups -OCH3 is 1. The molecule has 1 aromatic heterocycles. The third-order valence-electron chi connectivity index (χ3n) is 2.47. The third kappa shape index (κ3) is 2.76. The number of carbonyl (C=O) groups excluding carboxylic acids is 1. The van der Waals surface area contributed by atoms with Gasteiger partial charge in [0, 0.05) is 18.9 Å². The van der Waals surface area contributed by atoms with Crippen LogP contribution in [0, 0.1) is 5.41 Å². The van der Waals surface area contributed by atoms with E-state index in [1.54, 1.807) is 19.3 Å². The van der Waals surface area contributed by atoms with Gasteiger partial charge >= 0.3 is 5.97 Å². The minimum Gasteiger partial charge on any atom is -0.469 e. The van der Waals surface area contributed by atoms with Crippen LogP contribution in [0.15, 0.2) is 24.5 Å². The van der Waals surface area contributed by atoms with Gasteiger partial charge in [-0.1, -0.05) is 0 Å². The summed E-state index contributed by atoms with van der Waals surface area (Å²) in [5.41, 5.74) is 5.99. The van der Waals surface area contributed by atoms with Crippen LogP contribution in [0.5, 0.6) is 0 Å². The molecule has 2 N–H and O–H groups in total. The van der Waals surface area contributed by atoms with Crippen LogP contribution in [0.4, 0.5) is 0 Å². The average molecular weight is 208 g/mol. The van der Waals surface area contributed by atoms with Gasteiger partial charge in [-0.2, -0.15) is 0 Å². The van der Waals surface area contributed by atoms with Gasteiger partial charge in [0.15, 0.2) is 0 Å². The molecular weight excluding hydrogens is 192 g/mol. The van der Waals surface area contributed by atoms with Crippen LogP contribution < -0.4 is 5.73 Å². The van der Waals surface area contributed by atoms with E-state index < -0.39 is 5.41 Å². The molecule has 0 fully saturated rings. The maximum atomic E-state index is 11.6. The van der Waals surface area contributed by atoms with Crippen molar-refractivity contribution in [3.8, 4) is 0 Å². The first kappa shape index (κ1) is 11.7. The predicted molar refractivity (Wildman–Crippen MR) is 57.1 cm³/mol. The van der Waals surface area contributed by atoms with Crippen LogP contribution >= 0.6 is 0 Å². The highest BCUT2D eigenvalue weighted by atomic mass is 16.5. The fourth-order valence-corrected chi connectivity index (χ4v) is 1.43. The van der Waals surface area contributed by atoms with Crippen molar-refractivity contribution in [2.75, 3.05) is 13.7 Å². The van der Waals surface area contributed by atoms with Gasteiger partial charge in [-0.05, 0) is 31.0 Å². The summed E-state index contributed by atoms with van der Waals surface area (Å²) in [5, 5.41) is 0. The SMILES string of the molecule is COC(=O)C(C)(CN)Cc1ccncc1. The van der Waals surface area contributed by atoms with Crippen LogP contribution in [-0.2, 0) is 16.0 Å². The zero-order chi connectivity index (χ0) is 11.3. The normalized spacial score (nSPS) is 14.3. The molecule has 0 amide bonds. The summed E-state index contributed by atoms with van der Waals surface area (Å²) in [6, 6.07) is 3.74. The maximum absolute atomic E-state index is 11.6. The second-order valence-electron chi connectivity index (χ2n) is 3.79. The van der Waals surface area contributed by atoms with Crippen molar-refractivity contribution >= 4 is 5.97 Å². The van der Waals surface area contributed by atoms with Crippen LogP contribution in [0.3, 0.4) is 0 Å². The molecule has 4 heteroatoms. The van der Waals surface area contributed by atoms with Crippen molar-refractivity contribution in [2.24, 2.45) is 11.1 Å². The molecule has 1 aromatic rings. The van der Waals surface area contributed by atoms with Gasteiger partial charge < -0.3 is 10.5 Å². The molecule has 1 heterocycles. The number of rotatable bonds is 4. The molecule has 1 unspecified atom stereocenters. The highest BCUT2D eigenvalue weighted by Crippen LogP contribution is 2.22. The van der Waals surface area contributed by atoms with Gasteiger partial charge in [-0.25, -0.2) is 0 Å². The topological polar surface area (TPSA) is 65.2 Å². The lowest BCUT2D eigenvalue weighted by molar-refractivity contribution is -0.151. The Labute approximate surface area is 89.5 Å². The van der Waals surface area contributed by atoms with E-state index in [4.69, 9.17) is 10.5 Å². The lowest BCUT2D eigenvalue weighted by Crippen LogP contribution is -2.38. The lowest BCUT2D eigenvalue weighted by atomic mass is 9.84. The Morgan fingerprint density at radius 1 is 1.53 bits per heavy atom. The van der Waals surface area contributed by atoms with Crippen molar-refractivity contribution in [1.82, 2.24) is 4.98 Å². The van der Waals surface area contributed by atoms with Crippen LogP contribution in [-0.4, -0.2) is 24.6 Å². The number of hydrogen-bond donors (Lipinski definition) is 1. The number of aromatic nitrogens is 1. The van der Waals surface area contributed by atoms with E-state index in [1.807, 2.05) is 12.1 Å². The Balaban J connectivity index is 2.81. The summed E-state index contributed by atoms with van der Waals surface area (Å²) >= 11 is 0. The maximum Gasteiger partial charge on any atom is 0.313 e. The van der Waals surface area contributed by atoms with Crippen LogP contribution in [0.25, 0.3) is 0 Å². The minimum atomic E-state index is -0.657.